The molecule has 1 aromatic rings. The second-order valence-corrected chi connectivity index (χ2v) is 8.74. The van der Waals surface area contributed by atoms with Crippen LogP contribution < -0.4 is 10.0 Å². The Morgan fingerprint density at radius 1 is 1.09 bits per heavy atom. The molecule has 23 heavy (non-hydrogen) atoms. The van der Waals surface area contributed by atoms with Gasteiger partial charge in [-0.15, -0.1) is 0 Å². The molecule has 130 valence electrons. The maximum atomic E-state index is 13.1. The zero-order chi connectivity index (χ0) is 17.0. The van der Waals surface area contributed by atoms with Gasteiger partial charge >= 0.3 is 0 Å². The first-order valence-electron chi connectivity index (χ1n) is 7.97. The van der Waals surface area contributed by atoms with Crippen LogP contribution in [0, 0.1) is 17.6 Å². The molecule has 0 aromatic heterocycles. The van der Waals surface area contributed by atoms with E-state index >= 15 is 0 Å². The number of benzene rings is 1. The maximum Gasteiger partial charge on any atom is 0.214 e. The molecule has 2 rings (SSSR count). The topological polar surface area (TPSA) is 58.2 Å². The molecule has 0 amide bonds. The first-order valence-corrected chi connectivity index (χ1v) is 9.52. The van der Waals surface area contributed by atoms with Crippen molar-refractivity contribution in [1.29, 1.82) is 0 Å². The Kier molecular flexibility index (Phi) is 5.97. The van der Waals surface area contributed by atoms with Crippen LogP contribution >= 0.6 is 0 Å². The van der Waals surface area contributed by atoms with E-state index in [0.717, 1.165) is 31.7 Å². The van der Waals surface area contributed by atoms with Gasteiger partial charge in [0.1, 0.15) is 11.6 Å². The average molecular weight is 346 g/mol. The van der Waals surface area contributed by atoms with Gasteiger partial charge in [0.2, 0.25) is 10.0 Å². The Morgan fingerprint density at radius 3 is 2.17 bits per heavy atom. The first-order chi connectivity index (χ1) is 10.8. The van der Waals surface area contributed by atoms with E-state index < -0.39 is 26.9 Å². The molecule has 0 aliphatic heterocycles. The third-order valence-corrected chi connectivity index (χ3v) is 6.16. The van der Waals surface area contributed by atoms with Gasteiger partial charge in [0.15, 0.2) is 0 Å². The van der Waals surface area contributed by atoms with E-state index in [9.17, 15) is 17.2 Å². The van der Waals surface area contributed by atoms with Gasteiger partial charge in [-0.25, -0.2) is 21.9 Å². The molecule has 0 spiro atoms. The lowest BCUT2D eigenvalue weighted by atomic mass is 9.86. The second kappa shape index (κ2) is 7.57. The summed E-state index contributed by atoms with van der Waals surface area (Å²) in [5, 5.41) is 2.63. The van der Waals surface area contributed by atoms with Gasteiger partial charge in [-0.3, -0.25) is 0 Å². The predicted octanol–water partition coefficient (Wildman–Crippen LogP) is 3.26. The zero-order valence-electron chi connectivity index (χ0n) is 13.5. The van der Waals surface area contributed by atoms with Crippen LogP contribution in [0.4, 0.5) is 14.5 Å². The van der Waals surface area contributed by atoms with Gasteiger partial charge in [-0.2, -0.15) is 0 Å². The van der Waals surface area contributed by atoms with Crippen molar-refractivity contribution in [1.82, 2.24) is 4.72 Å². The number of hydrogen-bond donors (Lipinski definition) is 2. The standard InChI is InChI=1S/C16H24F2N2O2S/c1-11(2)23(21,22)20-15-5-3-12(4-6-15)10-19-16-8-13(17)7-14(18)9-16/h7-9,11-12,15,19-20H,3-6,10H2,1-2H3/t12-,15-. The van der Waals surface area contributed by atoms with Crippen LogP contribution in [0.15, 0.2) is 18.2 Å². The summed E-state index contributed by atoms with van der Waals surface area (Å²) >= 11 is 0. The third-order valence-electron chi connectivity index (χ3n) is 4.26. The fraction of sp³-hybridized carbons (Fsp3) is 0.625. The number of nitrogens with one attached hydrogen (secondary N) is 2. The van der Waals surface area contributed by atoms with Crippen LogP contribution in [-0.4, -0.2) is 26.3 Å². The SMILES string of the molecule is CC(C)S(=O)(=O)N[C@H]1CC[C@H](CNc2cc(F)cc(F)c2)CC1. The fourth-order valence-electron chi connectivity index (χ4n) is 2.77. The molecule has 0 heterocycles. The van der Waals surface area contributed by atoms with Crippen LogP contribution in [0.3, 0.4) is 0 Å². The van der Waals surface area contributed by atoms with Gasteiger partial charge in [-0.05, 0) is 57.6 Å². The van der Waals surface area contributed by atoms with E-state index in [1.54, 1.807) is 13.8 Å². The quantitative estimate of drug-likeness (QED) is 0.831. The Morgan fingerprint density at radius 2 is 1.65 bits per heavy atom. The summed E-state index contributed by atoms with van der Waals surface area (Å²) in [6, 6.07) is 3.37. The summed E-state index contributed by atoms with van der Waals surface area (Å²) in [6.45, 7) is 3.96. The summed E-state index contributed by atoms with van der Waals surface area (Å²) in [5.74, 6) is -0.820. The van der Waals surface area contributed by atoms with Crippen molar-refractivity contribution in [2.75, 3.05) is 11.9 Å². The molecule has 4 nitrogen and oxygen atoms in total. The van der Waals surface area contributed by atoms with Crippen molar-refractivity contribution in [3.8, 4) is 0 Å². The molecule has 1 aliphatic rings. The lowest BCUT2D eigenvalue weighted by Crippen LogP contribution is -2.41. The van der Waals surface area contributed by atoms with Crippen LogP contribution in [-0.2, 0) is 10.0 Å². The highest BCUT2D eigenvalue weighted by Crippen LogP contribution is 2.25. The largest absolute Gasteiger partial charge is 0.385 e. The van der Waals surface area contributed by atoms with Crippen molar-refractivity contribution < 1.29 is 17.2 Å². The van der Waals surface area contributed by atoms with Gasteiger partial charge in [0, 0.05) is 24.3 Å². The molecule has 0 bridgehead atoms. The lowest BCUT2D eigenvalue weighted by molar-refractivity contribution is 0.323. The van der Waals surface area contributed by atoms with Gasteiger partial charge < -0.3 is 5.32 Å². The van der Waals surface area contributed by atoms with Gasteiger partial charge in [0.25, 0.3) is 0 Å². The van der Waals surface area contributed by atoms with E-state index in [-0.39, 0.29) is 6.04 Å². The number of rotatable bonds is 6. The van der Waals surface area contributed by atoms with Crippen molar-refractivity contribution in [3.05, 3.63) is 29.8 Å². The molecule has 2 N–H and O–H groups in total. The highest BCUT2D eigenvalue weighted by molar-refractivity contribution is 7.90. The van der Waals surface area contributed by atoms with Crippen LogP contribution in [0.2, 0.25) is 0 Å². The summed E-state index contributed by atoms with van der Waals surface area (Å²) in [6.07, 6.45) is 3.35. The molecule has 1 saturated carbocycles. The van der Waals surface area contributed by atoms with Gasteiger partial charge in [0.05, 0.1) is 5.25 Å². The van der Waals surface area contributed by atoms with Crippen molar-refractivity contribution in [2.24, 2.45) is 5.92 Å². The molecule has 0 atom stereocenters. The molecule has 1 aliphatic carbocycles. The molecule has 0 radical (unpaired) electrons. The highest BCUT2D eigenvalue weighted by Gasteiger charge is 2.26. The molecule has 1 aromatic carbocycles. The summed E-state index contributed by atoms with van der Waals surface area (Å²) < 4.78 is 52.7. The van der Waals surface area contributed by atoms with E-state index in [1.807, 2.05) is 0 Å². The molecule has 0 unspecified atom stereocenters. The number of halogens is 2. The Bertz CT molecular complexity index is 607. The molecule has 0 saturated heterocycles. The van der Waals surface area contributed by atoms with Crippen molar-refractivity contribution in [2.45, 2.75) is 50.8 Å². The van der Waals surface area contributed by atoms with Crippen LogP contribution in [0.5, 0.6) is 0 Å². The van der Waals surface area contributed by atoms with E-state index in [0.29, 0.717) is 18.2 Å². The lowest BCUT2D eigenvalue weighted by Gasteiger charge is -2.29. The Labute approximate surface area is 136 Å². The average Bonchev–Trinajstić information content (AvgIpc) is 2.45. The Hall–Kier alpha value is -1.21. The third kappa shape index (κ3) is 5.42. The summed E-state index contributed by atoms with van der Waals surface area (Å²) in [5.41, 5.74) is 0.435. The number of anilines is 1. The molecular formula is C16H24F2N2O2S. The van der Waals surface area contributed by atoms with Crippen LogP contribution in [0.1, 0.15) is 39.5 Å². The predicted molar refractivity (Wildman–Crippen MR) is 87.8 cm³/mol. The minimum atomic E-state index is -3.23. The number of hydrogen-bond acceptors (Lipinski definition) is 3. The summed E-state index contributed by atoms with van der Waals surface area (Å²) in [4.78, 5) is 0. The van der Waals surface area contributed by atoms with E-state index in [4.69, 9.17) is 0 Å². The normalized spacial score (nSPS) is 22.3. The Balaban J connectivity index is 1.79. The van der Waals surface area contributed by atoms with Crippen molar-refractivity contribution >= 4 is 15.7 Å². The van der Waals surface area contributed by atoms with E-state index in [2.05, 4.69) is 10.0 Å². The number of sulfonamides is 1. The maximum absolute atomic E-state index is 13.1. The first kappa shape index (κ1) is 18.1. The fourth-order valence-corrected chi connectivity index (χ4v) is 3.74. The second-order valence-electron chi connectivity index (χ2n) is 6.47. The molecule has 1 fully saturated rings. The monoisotopic (exact) mass is 346 g/mol. The summed E-state index contributed by atoms with van der Waals surface area (Å²) in [7, 11) is -3.23. The smallest absolute Gasteiger partial charge is 0.214 e. The minimum Gasteiger partial charge on any atom is -0.385 e. The molecular weight excluding hydrogens is 322 g/mol. The van der Waals surface area contributed by atoms with Crippen LogP contribution in [0.25, 0.3) is 0 Å². The minimum absolute atomic E-state index is 0.00901. The molecule has 7 heteroatoms. The highest BCUT2D eigenvalue weighted by atomic mass is 32.2. The van der Waals surface area contributed by atoms with Gasteiger partial charge in [-0.1, -0.05) is 0 Å². The zero-order valence-corrected chi connectivity index (χ0v) is 14.3. The van der Waals surface area contributed by atoms with E-state index in [1.165, 1.54) is 12.1 Å². The van der Waals surface area contributed by atoms with Crippen molar-refractivity contribution in [3.63, 3.8) is 0 Å².